The molecule has 2 aliphatic rings. The van der Waals surface area contributed by atoms with Gasteiger partial charge in [-0.15, -0.1) is 0 Å². The first-order valence-electron chi connectivity index (χ1n) is 11.6. The van der Waals surface area contributed by atoms with Crippen molar-refractivity contribution in [3.63, 3.8) is 0 Å². The summed E-state index contributed by atoms with van der Waals surface area (Å²) in [4.78, 5) is 25.3. The van der Waals surface area contributed by atoms with Gasteiger partial charge in [0.2, 0.25) is 0 Å². The Hall–Kier alpha value is -3.06. The smallest absolute Gasteiger partial charge is 0.483 e. The van der Waals surface area contributed by atoms with E-state index in [4.69, 9.17) is 14.2 Å². The van der Waals surface area contributed by atoms with E-state index in [1.165, 1.54) is 19.4 Å². The van der Waals surface area contributed by atoms with Crippen molar-refractivity contribution in [2.75, 3.05) is 20.3 Å². The number of pyridine rings is 1. The maximum Gasteiger partial charge on any atom is 0.534 e. The van der Waals surface area contributed by atoms with Crippen molar-refractivity contribution in [2.45, 2.75) is 51.3 Å². The highest BCUT2D eigenvalue weighted by Gasteiger charge is 2.49. The summed E-state index contributed by atoms with van der Waals surface area (Å²) in [7, 11) is -4.57. The standard InChI is InChI=1S/C24H26F3NO8S/c1-5-34-23(30)17-10-28-18(12(2)3)7-14-15(19(28)9-20(17)29)8-21(36-37(31,32)24(25,26)27)22-16(14)6-13(35-22)11-33-4/h8-10,12-13,18H,5-7,11H2,1-4H3. The molecule has 2 unspecified atom stereocenters. The highest BCUT2D eigenvalue weighted by atomic mass is 32.2. The molecule has 2 aliphatic heterocycles. The highest BCUT2D eigenvalue weighted by Crippen LogP contribution is 2.49. The van der Waals surface area contributed by atoms with Crippen molar-refractivity contribution in [3.05, 3.63) is 45.2 Å². The molecule has 9 nitrogen and oxygen atoms in total. The number of fused-ring (bicyclic) bond motifs is 5. The molecule has 0 N–H and O–H groups in total. The maximum absolute atomic E-state index is 13.2. The lowest BCUT2D eigenvalue weighted by Crippen LogP contribution is -2.30. The Morgan fingerprint density at radius 2 is 1.92 bits per heavy atom. The summed E-state index contributed by atoms with van der Waals surface area (Å²) in [6.45, 7) is 5.71. The van der Waals surface area contributed by atoms with Crippen LogP contribution in [0.5, 0.6) is 11.5 Å². The molecule has 2 aromatic rings. The average Bonchev–Trinajstić information content (AvgIpc) is 3.22. The van der Waals surface area contributed by atoms with Crippen molar-refractivity contribution < 1.29 is 44.8 Å². The van der Waals surface area contributed by atoms with E-state index in [1.807, 2.05) is 13.8 Å². The molecule has 0 spiro atoms. The maximum atomic E-state index is 13.2. The lowest BCUT2D eigenvalue weighted by Gasteiger charge is -2.34. The summed E-state index contributed by atoms with van der Waals surface area (Å²) in [6, 6.07) is 2.11. The SMILES string of the molecule is CCOC(=O)c1cn2c(cc1=O)-c1cc(OS(=O)(=O)C(F)(F)F)c3c(c1CC2C(C)C)CC(COC)O3. The van der Waals surface area contributed by atoms with Gasteiger partial charge in [-0.25, -0.2) is 4.79 Å². The van der Waals surface area contributed by atoms with Gasteiger partial charge in [-0.05, 0) is 30.9 Å². The predicted octanol–water partition coefficient (Wildman–Crippen LogP) is 3.62. The number of rotatable bonds is 7. The Morgan fingerprint density at radius 1 is 1.22 bits per heavy atom. The fourth-order valence-corrected chi connectivity index (χ4v) is 5.20. The number of hydrogen-bond acceptors (Lipinski definition) is 8. The number of ether oxygens (including phenoxy) is 3. The van der Waals surface area contributed by atoms with Crippen LogP contribution in [0.1, 0.15) is 48.3 Å². The van der Waals surface area contributed by atoms with Crippen molar-refractivity contribution in [2.24, 2.45) is 5.92 Å². The van der Waals surface area contributed by atoms with Crippen molar-refractivity contribution in [1.29, 1.82) is 0 Å². The third-order valence-electron chi connectivity index (χ3n) is 6.41. The average molecular weight is 546 g/mol. The van der Waals surface area contributed by atoms with Gasteiger partial charge in [-0.3, -0.25) is 4.79 Å². The van der Waals surface area contributed by atoms with E-state index in [2.05, 4.69) is 4.18 Å². The first-order chi connectivity index (χ1) is 17.3. The molecule has 0 aliphatic carbocycles. The van der Waals surface area contributed by atoms with Gasteiger partial charge in [0.25, 0.3) is 0 Å². The molecular weight excluding hydrogens is 519 g/mol. The largest absolute Gasteiger partial charge is 0.534 e. The van der Waals surface area contributed by atoms with Gasteiger partial charge in [0.15, 0.2) is 16.9 Å². The molecule has 3 heterocycles. The minimum atomic E-state index is -6.00. The second kappa shape index (κ2) is 9.67. The summed E-state index contributed by atoms with van der Waals surface area (Å²) >= 11 is 0. The van der Waals surface area contributed by atoms with Crippen molar-refractivity contribution >= 4 is 16.1 Å². The molecule has 13 heteroatoms. The molecule has 1 aromatic carbocycles. The zero-order chi connectivity index (χ0) is 27.3. The summed E-state index contributed by atoms with van der Waals surface area (Å²) < 4.78 is 85.4. The van der Waals surface area contributed by atoms with Crippen LogP contribution in [-0.2, 0) is 32.4 Å². The van der Waals surface area contributed by atoms with Gasteiger partial charge in [0.1, 0.15) is 11.7 Å². The number of carbonyl (C=O) groups is 1. The second-order valence-electron chi connectivity index (χ2n) is 9.17. The van der Waals surface area contributed by atoms with Crippen LogP contribution in [0.4, 0.5) is 13.2 Å². The van der Waals surface area contributed by atoms with Crippen LogP contribution in [0, 0.1) is 5.92 Å². The Kier molecular flexibility index (Phi) is 7.06. The van der Waals surface area contributed by atoms with E-state index in [1.54, 1.807) is 11.5 Å². The van der Waals surface area contributed by atoms with Gasteiger partial charge in [0, 0.05) is 43.0 Å². The van der Waals surface area contributed by atoms with Gasteiger partial charge in [-0.1, -0.05) is 13.8 Å². The number of carbonyl (C=O) groups excluding carboxylic acids is 1. The molecule has 202 valence electrons. The monoisotopic (exact) mass is 545 g/mol. The molecule has 0 bridgehead atoms. The van der Waals surface area contributed by atoms with E-state index >= 15 is 0 Å². The van der Waals surface area contributed by atoms with Crippen LogP contribution in [0.3, 0.4) is 0 Å². The van der Waals surface area contributed by atoms with Crippen molar-refractivity contribution in [1.82, 2.24) is 4.57 Å². The van der Waals surface area contributed by atoms with E-state index < -0.39 is 38.9 Å². The van der Waals surface area contributed by atoms with Crippen LogP contribution in [0.2, 0.25) is 0 Å². The zero-order valence-electron chi connectivity index (χ0n) is 20.5. The Morgan fingerprint density at radius 3 is 2.51 bits per heavy atom. The summed E-state index contributed by atoms with van der Waals surface area (Å²) in [6.07, 6.45) is 1.44. The van der Waals surface area contributed by atoms with Gasteiger partial charge in [-0.2, -0.15) is 21.6 Å². The number of hydrogen-bond donors (Lipinski definition) is 0. The number of benzene rings is 1. The molecule has 0 amide bonds. The molecule has 0 saturated carbocycles. The van der Waals surface area contributed by atoms with Crippen molar-refractivity contribution in [3.8, 4) is 22.8 Å². The van der Waals surface area contributed by atoms with Crippen LogP contribution < -0.4 is 14.3 Å². The number of alkyl halides is 3. The molecule has 1 aromatic heterocycles. The zero-order valence-corrected chi connectivity index (χ0v) is 21.4. The number of aromatic nitrogens is 1. The minimum Gasteiger partial charge on any atom is -0.483 e. The lowest BCUT2D eigenvalue weighted by atomic mass is 9.83. The first-order valence-corrected chi connectivity index (χ1v) is 13.0. The van der Waals surface area contributed by atoms with Crippen LogP contribution in [0.15, 0.2) is 23.1 Å². The minimum absolute atomic E-state index is 0.0266. The number of methoxy groups -OCH3 is 1. The molecule has 2 atom stereocenters. The Labute approximate surface area is 211 Å². The Bertz CT molecular complexity index is 1400. The summed E-state index contributed by atoms with van der Waals surface area (Å²) in [5.41, 5.74) is -4.66. The predicted molar refractivity (Wildman–Crippen MR) is 125 cm³/mol. The number of nitrogens with zero attached hydrogens (tertiary/aromatic N) is 1. The third kappa shape index (κ3) is 4.81. The highest BCUT2D eigenvalue weighted by molar-refractivity contribution is 7.88. The van der Waals surface area contributed by atoms with Crippen LogP contribution in [-0.4, -0.2) is 50.9 Å². The Balaban J connectivity index is 1.96. The normalized spacial score (nSPS) is 18.6. The third-order valence-corrected chi connectivity index (χ3v) is 7.37. The van der Waals surface area contributed by atoms with E-state index in [0.717, 1.165) is 6.07 Å². The van der Waals surface area contributed by atoms with Crippen LogP contribution >= 0.6 is 0 Å². The fraction of sp³-hybridized carbons (Fsp3) is 0.500. The molecule has 37 heavy (non-hydrogen) atoms. The summed E-state index contributed by atoms with van der Waals surface area (Å²) in [5.74, 6) is -1.50. The number of esters is 1. The quantitative estimate of drug-likeness (QED) is 0.295. The molecule has 0 radical (unpaired) electrons. The second-order valence-corrected chi connectivity index (χ2v) is 10.7. The van der Waals surface area contributed by atoms with Gasteiger partial charge >= 0.3 is 21.6 Å². The first kappa shape index (κ1) is 27.0. The molecule has 0 saturated heterocycles. The lowest BCUT2D eigenvalue weighted by molar-refractivity contribution is -0.0500. The van der Waals surface area contributed by atoms with Gasteiger partial charge < -0.3 is 23.0 Å². The van der Waals surface area contributed by atoms with E-state index in [0.29, 0.717) is 28.8 Å². The van der Waals surface area contributed by atoms with E-state index in [9.17, 15) is 31.2 Å². The summed E-state index contributed by atoms with van der Waals surface area (Å²) in [5, 5.41) is 0. The topological polar surface area (TPSA) is 110 Å². The molecule has 0 fully saturated rings. The van der Waals surface area contributed by atoms with E-state index in [-0.39, 0.29) is 42.9 Å². The fourth-order valence-electron chi connectivity index (χ4n) is 4.75. The number of halogens is 3. The molecule has 4 rings (SSSR count). The van der Waals surface area contributed by atoms with Crippen LogP contribution in [0.25, 0.3) is 11.3 Å². The molecular formula is C24H26F3NO8S. The van der Waals surface area contributed by atoms with Gasteiger partial charge in [0.05, 0.1) is 18.9 Å².